The minimum atomic E-state index is -3.38. The number of aromatic nitrogens is 5. The van der Waals surface area contributed by atoms with Gasteiger partial charge in [0.2, 0.25) is 0 Å². The zero-order chi connectivity index (χ0) is 19.7. The van der Waals surface area contributed by atoms with E-state index in [1.54, 1.807) is 59.3 Å². The Kier molecular flexibility index (Phi) is 4.78. The minimum absolute atomic E-state index is 0.260. The SMILES string of the molecule is Cc1nc(Cc2cnccn2)sc1-c1ccc(S(C)(=O)=O)c(-n2ccnc2)c1. The Hall–Kier alpha value is -2.91. The van der Waals surface area contributed by atoms with Gasteiger partial charge in [0.25, 0.3) is 0 Å². The van der Waals surface area contributed by atoms with E-state index in [-0.39, 0.29) is 4.90 Å². The highest BCUT2D eigenvalue weighted by atomic mass is 32.2. The molecule has 0 N–H and O–H groups in total. The summed E-state index contributed by atoms with van der Waals surface area (Å²) in [6, 6.07) is 5.33. The molecule has 0 aliphatic heterocycles. The maximum atomic E-state index is 12.2. The molecule has 4 aromatic rings. The molecule has 0 radical (unpaired) electrons. The zero-order valence-corrected chi connectivity index (χ0v) is 16.9. The molecule has 28 heavy (non-hydrogen) atoms. The summed E-state index contributed by atoms with van der Waals surface area (Å²) in [4.78, 5) is 18.3. The van der Waals surface area contributed by atoms with Crippen molar-refractivity contribution in [2.75, 3.05) is 6.26 Å². The van der Waals surface area contributed by atoms with E-state index < -0.39 is 9.84 Å². The average molecular weight is 412 g/mol. The predicted octanol–water partition coefficient (Wildman–Crippen LogP) is 3.09. The molecule has 0 amide bonds. The summed E-state index contributed by atoms with van der Waals surface area (Å²) in [7, 11) is -3.38. The Morgan fingerprint density at radius 2 is 2.00 bits per heavy atom. The van der Waals surface area contributed by atoms with Crippen LogP contribution in [0.4, 0.5) is 0 Å². The van der Waals surface area contributed by atoms with E-state index in [0.29, 0.717) is 12.1 Å². The molecule has 0 aliphatic rings. The monoisotopic (exact) mass is 411 g/mol. The number of imidazole rings is 1. The van der Waals surface area contributed by atoms with Gasteiger partial charge in [-0.15, -0.1) is 11.3 Å². The molecule has 1 aromatic carbocycles. The summed E-state index contributed by atoms with van der Waals surface area (Å²) in [6.07, 6.45) is 11.8. The number of benzene rings is 1. The summed E-state index contributed by atoms with van der Waals surface area (Å²) < 4.78 is 26.1. The van der Waals surface area contributed by atoms with Crippen molar-refractivity contribution in [1.29, 1.82) is 0 Å². The number of nitrogens with zero attached hydrogens (tertiary/aromatic N) is 5. The molecule has 9 heteroatoms. The maximum absolute atomic E-state index is 12.2. The van der Waals surface area contributed by atoms with Gasteiger partial charge < -0.3 is 4.57 Å². The van der Waals surface area contributed by atoms with Gasteiger partial charge in [-0.05, 0) is 24.6 Å². The van der Waals surface area contributed by atoms with Crippen molar-refractivity contribution in [2.24, 2.45) is 0 Å². The molecule has 0 atom stereocenters. The number of thiazole rings is 1. The van der Waals surface area contributed by atoms with Crippen LogP contribution in [-0.4, -0.2) is 39.2 Å². The van der Waals surface area contributed by atoms with E-state index in [4.69, 9.17) is 0 Å². The second-order valence-corrected chi connectivity index (χ2v) is 9.39. The normalized spacial score (nSPS) is 11.6. The van der Waals surface area contributed by atoms with Gasteiger partial charge in [-0.25, -0.2) is 18.4 Å². The second-order valence-electron chi connectivity index (χ2n) is 6.32. The van der Waals surface area contributed by atoms with Crippen LogP contribution >= 0.6 is 11.3 Å². The maximum Gasteiger partial charge on any atom is 0.177 e. The fourth-order valence-electron chi connectivity index (χ4n) is 2.95. The number of hydrogen-bond acceptors (Lipinski definition) is 7. The van der Waals surface area contributed by atoms with Crippen LogP contribution in [-0.2, 0) is 16.3 Å². The van der Waals surface area contributed by atoms with Gasteiger partial charge in [0.15, 0.2) is 9.84 Å². The van der Waals surface area contributed by atoms with Gasteiger partial charge in [-0.3, -0.25) is 9.97 Å². The number of hydrogen-bond donors (Lipinski definition) is 0. The number of aryl methyl sites for hydroxylation is 1. The summed E-state index contributed by atoms with van der Waals surface area (Å²) >= 11 is 1.57. The largest absolute Gasteiger partial charge is 0.305 e. The van der Waals surface area contributed by atoms with Crippen molar-refractivity contribution in [3.8, 4) is 16.1 Å². The first-order valence-electron chi connectivity index (χ1n) is 8.46. The van der Waals surface area contributed by atoms with E-state index >= 15 is 0 Å². The fraction of sp³-hybridized carbons (Fsp3) is 0.158. The zero-order valence-electron chi connectivity index (χ0n) is 15.3. The van der Waals surface area contributed by atoms with E-state index in [2.05, 4.69) is 19.9 Å². The van der Waals surface area contributed by atoms with E-state index in [1.165, 1.54) is 6.26 Å². The van der Waals surface area contributed by atoms with Crippen molar-refractivity contribution in [1.82, 2.24) is 24.5 Å². The van der Waals surface area contributed by atoms with Crippen LogP contribution in [0.1, 0.15) is 16.4 Å². The molecule has 3 aromatic heterocycles. The fourth-order valence-corrected chi connectivity index (χ4v) is 4.88. The smallest absolute Gasteiger partial charge is 0.177 e. The van der Waals surface area contributed by atoms with E-state index in [1.807, 2.05) is 19.1 Å². The first-order chi connectivity index (χ1) is 13.4. The van der Waals surface area contributed by atoms with Gasteiger partial charge in [0.1, 0.15) is 0 Å². The van der Waals surface area contributed by atoms with Crippen LogP contribution in [0.5, 0.6) is 0 Å². The van der Waals surface area contributed by atoms with Gasteiger partial charge in [0, 0.05) is 43.7 Å². The molecule has 0 aliphatic carbocycles. The lowest BCUT2D eigenvalue weighted by molar-refractivity contribution is 0.601. The van der Waals surface area contributed by atoms with Crippen molar-refractivity contribution < 1.29 is 8.42 Å². The van der Waals surface area contributed by atoms with Crippen molar-refractivity contribution in [3.05, 3.63) is 71.9 Å². The van der Waals surface area contributed by atoms with Crippen LogP contribution in [0.2, 0.25) is 0 Å². The first-order valence-corrected chi connectivity index (χ1v) is 11.2. The third-order valence-electron chi connectivity index (χ3n) is 4.19. The number of rotatable bonds is 5. The third-order valence-corrected chi connectivity index (χ3v) is 6.54. The first kappa shape index (κ1) is 18.5. The Morgan fingerprint density at radius 3 is 2.68 bits per heavy atom. The molecule has 0 fully saturated rings. The molecule has 0 unspecified atom stereocenters. The van der Waals surface area contributed by atoms with Crippen molar-refractivity contribution in [3.63, 3.8) is 0 Å². The lowest BCUT2D eigenvalue weighted by Gasteiger charge is -2.11. The van der Waals surface area contributed by atoms with Crippen LogP contribution in [0, 0.1) is 6.92 Å². The Morgan fingerprint density at radius 1 is 1.14 bits per heavy atom. The molecule has 7 nitrogen and oxygen atoms in total. The molecule has 0 saturated heterocycles. The lowest BCUT2D eigenvalue weighted by Crippen LogP contribution is -2.04. The van der Waals surface area contributed by atoms with Crippen molar-refractivity contribution >= 4 is 21.2 Å². The summed E-state index contributed by atoms with van der Waals surface area (Å²) in [5, 5.41) is 0.935. The lowest BCUT2D eigenvalue weighted by atomic mass is 10.1. The van der Waals surface area contributed by atoms with Crippen LogP contribution < -0.4 is 0 Å². The average Bonchev–Trinajstić information content (AvgIpc) is 3.31. The highest BCUT2D eigenvalue weighted by Crippen LogP contribution is 2.34. The molecular weight excluding hydrogens is 394 g/mol. The number of sulfone groups is 1. The van der Waals surface area contributed by atoms with E-state index in [9.17, 15) is 8.42 Å². The molecule has 142 valence electrons. The van der Waals surface area contributed by atoms with Gasteiger partial charge in [-0.2, -0.15) is 0 Å². The van der Waals surface area contributed by atoms with Gasteiger partial charge in [-0.1, -0.05) is 6.07 Å². The Labute approximate surface area is 166 Å². The Bertz CT molecular complexity index is 1220. The third kappa shape index (κ3) is 3.71. The second kappa shape index (κ2) is 7.25. The standard InChI is InChI=1S/C19H17N5O2S2/c1-13-19(27-18(23-13)10-15-11-20-5-6-22-15)14-3-4-17(28(2,25)26)16(9-14)24-8-7-21-12-24/h3-9,11-12H,10H2,1-2H3. The highest BCUT2D eigenvalue weighted by molar-refractivity contribution is 7.90. The molecular formula is C19H17N5O2S2. The quantitative estimate of drug-likeness (QED) is 0.501. The Balaban J connectivity index is 1.77. The topological polar surface area (TPSA) is 90.6 Å². The predicted molar refractivity (Wildman–Crippen MR) is 107 cm³/mol. The van der Waals surface area contributed by atoms with Crippen LogP contribution in [0.15, 0.2) is 60.4 Å². The van der Waals surface area contributed by atoms with Crippen LogP contribution in [0.3, 0.4) is 0 Å². The highest BCUT2D eigenvalue weighted by Gasteiger charge is 2.18. The van der Waals surface area contributed by atoms with Gasteiger partial charge >= 0.3 is 0 Å². The summed E-state index contributed by atoms with van der Waals surface area (Å²) in [6.45, 7) is 1.95. The molecule has 0 spiro atoms. The van der Waals surface area contributed by atoms with Crippen molar-refractivity contribution in [2.45, 2.75) is 18.2 Å². The summed E-state index contributed by atoms with van der Waals surface area (Å²) in [5.41, 5.74) is 3.24. The van der Waals surface area contributed by atoms with Crippen LogP contribution in [0.25, 0.3) is 16.1 Å². The molecule has 4 rings (SSSR count). The molecule has 3 heterocycles. The van der Waals surface area contributed by atoms with Gasteiger partial charge in [0.05, 0.1) is 38.2 Å². The molecule has 0 saturated carbocycles. The summed E-state index contributed by atoms with van der Waals surface area (Å²) in [5.74, 6) is 0. The molecule has 0 bridgehead atoms. The van der Waals surface area contributed by atoms with E-state index in [0.717, 1.165) is 26.8 Å². The minimum Gasteiger partial charge on any atom is -0.305 e.